The molecule has 0 bridgehead atoms. The van der Waals surface area contributed by atoms with Crippen LogP contribution in [0.5, 0.6) is 0 Å². The lowest BCUT2D eigenvalue weighted by molar-refractivity contribution is 0.0552. The summed E-state index contributed by atoms with van der Waals surface area (Å²) < 4.78 is 11.1. The lowest BCUT2D eigenvalue weighted by Crippen LogP contribution is -2.35. The van der Waals surface area contributed by atoms with Crippen LogP contribution >= 0.6 is 11.3 Å². The minimum atomic E-state index is 0.0945. The van der Waals surface area contributed by atoms with Gasteiger partial charge in [-0.05, 0) is 34.1 Å². The van der Waals surface area contributed by atoms with Gasteiger partial charge in [-0.15, -0.1) is 11.3 Å². The molecule has 1 N–H and O–H groups in total. The van der Waals surface area contributed by atoms with Gasteiger partial charge in [-0.2, -0.15) is 0 Å². The number of ether oxygens (including phenoxy) is 2. The Balaban J connectivity index is 2.90. The molecular formula is C16H30N2O2S. The molecule has 1 aromatic heterocycles. The minimum Gasteiger partial charge on any atom is -0.378 e. The molecule has 0 saturated heterocycles. The van der Waals surface area contributed by atoms with Crippen LogP contribution < -0.4 is 5.32 Å². The van der Waals surface area contributed by atoms with E-state index in [9.17, 15) is 0 Å². The summed E-state index contributed by atoms with van der Waals surface area (Å²) in [5.41, 5.74) is 1.13. The first kappa shape index (κ1) is 18.6. The second kappa shape index (κ2) is 8.83. The van der Waals surface area contributed by atoms with Crippen molar-refractivity contribution in [3.05, 3.63) is 15.6 Å². The largest absolute Gasteiger partial charge is 0.378 e. The third kappa shape index (κ3) is 6.43. The van der Waals surface area contributed by atoms with Gasteiger partial charge in [-0.3, -0.25) is 0 Å². The maximum absolute atomic E-state index is 5.85. The number of thiazole rings is 1. The maximum atomic E-state index is 5.85. The van der Waals surface area contributed by atoms with Crippen LogP contribution in [-0.2, 0) is 22.6 Å². The Morgan fingerprint density at radius 3 is 2.52 bits per heavy atom. The zero-order chi connectivity index (χ0) is 15.9. The highest BCUT2D eigenvalue weighted by molar-refractivity contribution is 7.11. The predicted octanol–water partition coefficient (Wildman–Crippen LogP) is 4.06. The van der Waals surface area contributed by atoms with E-state index in [0.29, 0.717) is 6.61 Å². The number of hydrogen-bond donors (Lipinski definition) is 1. The summed E-state index contributed by atoms with van der Waals surface area (Å²) in [5.74, 6) is 0. The highest BCUT2D eigenvalue weighted by atomic mass is 32.1. The van der Waals surface area contributed by atoms with E-state index in [-0.39, 0.29) is 11.6 Å². The van der Waals surface area contributed by atoms with Gasteiger partial charge in [-0.25, -0.2) is 4.98 Å². The quantitative estimate of drug-likeness (QED) is 0.746. The highest BCUT2D eigenvalue weighted by Crippen LogP contribution is 2.30. The van der Waals surface area contributed by atoms with Crippen molar-refractivity contribution in [2.75, 3.05) is 13.7 Å². The normalized spacial score (nSPS) is 13.6. The molecule has 5 heteroatoms. The van der Waals surface area contributed by atoms with Gasteiger partial charge in [0.05, 0.1) is 12.3 Å². The third-order valence-corrected chi connectivity index (χ3v) is 4.24. The molecule has 1 heterocycles. The standard InChI is InChI=1S/C16H30N2O2S/c1-7-9-13(20-8-2)15-18-12(11-19-6)14(21-15)10-17-16(3,4)5/h13,17H,7-11H2,1-6H3. The molecule has 0 aliphatic rings. The van der Waals surface area contributed by atoms with Gasteiger partial charge in [0.1, 0.15) is 11.1 Å². The van der Waals surface area contributed by atoms with Crippen LogP contribution in [0, 0.1) is 0 Å². The van der Waals surface area contributed by atoms with E-state index in [1.54, 1.807) is 18.4 Å². The molecule has 21 heavy (non-hydrogen) atoms. The van der Waals surface area contributed by atoms with Crippen LogP contribution in [0.3, 0.4) is 0 Å². The van der Waals surface area contributed by atoms with E-state index in [2.05, 4.69) is 33.0 Å². The molecule has 1 atom stereocenters. The summed E-state index contributed by atoms with van der Waals surface area (Å²) in [6.45, 7) is 12.8. The van der Waals surface area contributed by atoms with Crippen molar-refractivity contribution in [3.63, 3.8) is 0 Å². The molecule has 0 radical (unpaired) electrons. The first-order valence-electron chi connectivity index (χ1n) is 7.75. The molecular weight excluding hydrogens is 284 g/mol. The Bertz CT molecular complexity index is 407. The average molecular weight is 314 g/mol. The monoisotopic (exact) mass is 314 g/mol. The zero-order valence-corrected chi connectivity index (χ0v) is 15.1. The number of hydrogen-bond acceptors (Lipinski definition) is 5. The molecule has 1 unspecified atom stereocenters. The van der Waals surface area contributed by atoms with Crippen molar-refractivity contribution in [2.24, 2.45) is 0 Å². The molecule has 0 spiro atoms. The van der Waals surface area contributed by atoms with Crippen LogP contribution in [0.1, 0.15) is 69.1 Å². The Labute approximate surface area is 133 Å². The summed E-state index contributed by atoms with van der Waals surface area (Å²) in [6.07, 6.45) is 2.23. The number of nitrogens with zero attached hydrogens (tertiary/aromatic N) is 1. The van der Waals surface area contributed by atoms with E-state index < -0.39 is 0 Å². The highest BCUT2D eigenvalue weighted by Gasteiger charge is 2.20. The van der Waals surface area contributed by atoms with Crippen LogP contribution in [0.2, 0.25) is 0 Å². The Morgan fingerprint density at radius 2 is 2.00 bits per heavy atom. The van der Waals surface area contributed by atoms with Crippen molar-refractivity contribution in [2.45, 2.75) is 72.3 Å². The van der Waals surface area contributed by atoms with Gasteiger partial charge < -0.3 is 14.8 Å². The summed E-state index contributed by atoms with van der Waals surface area (Å²) in [7, 11) is 1.71. The summed E-state index contributed by atoms with van der Waals surface area (Å²) >= 11 is 1.75. The van der Waals surface area contributed by atoms with E-state index in [1.807, 2.05) is 6.92 Å². The molecule has 4 nitrogen and oxygen atoms in total. The van der Waals surface area contributed by atoms with E-state index in [0.717, 1.165) is 36.7 Å². The van der Waals surface area contributed by atoms with E-state index >= 15 is 0 Å². The average Bonchev–Trinajstić information content (AvgIpc) is 2.79. The van der Waals surface area contributed by atoms with Crippen LogP contribution in [-0.4, -0.2) is 24.2 Å². The molecule has 0 aliphatic carbocycles. The van der Waals surface area contributed by atoms with E-state index in [4.69, 9.17) is 14.5 Å². The number of aromatic nitrogens is 1. The fraction of sp³-hybridized carbons (Fsp3) is 0.812. The van der Waals surface area contributed by atoms with Crippen LogP contribution in [0.15, 0.2) is 0 Å². The van der Waals surface area contributed by atoms with Gasteiger partial charge in [0.15, 0.2) is 0 Å². The molecule has 1 rings (SSSR count). The maximum Gasteiger partial charge on any atom is 0.122 e. The Hall–Kier alpha value is -0.490. The molecule has 1 aromatic rings. The topological polar surface area (TPSA) is 43.4 Å². The third-order valence-electron chi connectivity index (χ3n) is 3.05. The predicted molar refractivity (Wildman–Crippen MR) is 88.7 cm³/mol. The van der Waals surface area contributed by atoms with Crippen molar-refractivity contribution in [1.82, 2.24) is 10.3 Å². The van der Waals surface area contributed by atoms with Crippen molar-refractivity contribution < 1.29 is 9.47 Å². The van der Waals surface area contributed by atoms with Crippen molar-refractivity contribution in [3.8, 4) is 0 Å². The Kier molecular flexibility index (Phi) is 7.81. The second-order valence-corrected chi connectivity index (χ2v) is 7.31. The van der Waals surface area contributed by atoms with Crippen molar-refractivity contribution in [1.29, 1.82) is 0 Å². The van der Waals surface area contributed by atoms with E-state index in [1.165, 1.54) is 4.88 Å². The van der Waals surface area contributed by atoms with Gasteiger partial charge in [-0.1, -0.05) is 13.3 Å². The zero-order valence-electron chi connectivity index (χ0n) is 14.3. The minimum absolute atomic E-state index is 0.0945. The lowest BCUT2D eigenvalue weighted by Gasteiger charge is -2.20. The second-order valence-electron chi connectivity index (χ2n) is 6.19. The van der Waals surface area contributed by atoms with Gasteiger partial charge >= 0.3 is 0 Å². The van der Waals surface area contributed by atoms with Gasteiger partial charge in [0.25, 0.3) is 0 Å². The molecule has 0 fully saturated rings. The summed E-state index contributed by atoms with van der Waals surface area (Å²) in [4.78, 5) is 6.02. The Morgan fingerprint density at radius 1 is 1.29 bits per heavy atom. The fourth-order valence-electron chi connectivity index (χ4n) is 2.02. The first-order chi connectivity index (χ1) is 9.91. The number of nitrogens with one attached hydrogen (secondary N) is 1. The van der Waals surface area contributed by atoms with Crippen LogP contribution in [0.25, 0.3) is 0 Å². The van der Waals surface area contributed by atoms with Gasteiger partial charge in [0, 0.05) is 30.7 Å². The lowest BCUT2D eigenvalue weighted by atomic mass is 10.1. The first-order valence-corrected chi connectivity index (χ1v) is 8.57. The molecule has 0 aliphatic heterocycles. The molecule has 0 aromatic carbocycles. The smallest absolute Gasteiger partial charge is 0.122 e. The van der Waals surface area contributed by atoms with Crippen LogP contribution in [0.4, 0.5) is 0 Å². The summed E-state index contributed by atoms with van der Waals surface area (Å²) in [6, 6.07) is 0. The molecule has 122 valence electrons. The fourth-order valence-corrected chi connectivity index (χ4v) is 3.11. The summed E-state index contributed by atoms with van der Waals surface area (Å²) in [5, 5.41) is 4.61. The SMILES string of the molecule is CCCC(OCC)c1nc(COC)c(CNC(C)(C)C)s1. The van der Waals surface area contributed by atoms with Crippen molar-refractivity contribution >= 4 is 11.3 Å². The van der Waals surface area contributed by atoms with Gasteiger partial charge in [0.2, 0.25) is 0 Å². The number of rotatable bonds is 9. The molecule has 0 amide bonds. The number of methoxy groups -OCH3 is 1. The molecule has 0 saturated carbocycles.